The number of nitrogens with one attached hydrogen (secondary N) is 1. The van der Waals surface area contributed by atoms with Crippen LogP contribution in [0.3, 0.4) is 0 Å². The minimum absolute atomic E-state index is 0.259. The molecular formula is C18H13F3N2OS2. The summed E-state index contributed by atoms with van der Waals surface area (Å²) >= 11 is 2.48. The first-order chi connectivity index (χ1) is 12.4. The largest absolute Gasteiger partial charge is 0.301 e. The first kappa shape index (κ1) is 18.5. The highest BCUT2D eigenvalue weighted by molar-refractivity contribution is 8.00. The molecule has 0 saturated carbocycles. The summed E-state index contributed by atoms with van der Waals surface area (Å²) in [4.78, 5) is 17.3. The number of aromatic nitrogens is 1. The van der Waals surface area contributed by atoms with Gasteiger partial charge in [-0.05, 0) is 49.4 Å². The Hall–Kier alpha value is -2.32. The van der Waals surface area contributed by atoms with Crippen LogP contribution in [0.1, 0.15) is 6.92 Å². The molecule has 0 radical (unpaired) electrons. The van der Waals surface area contributed by atoms with Gasteiger partial charge >= 0.3 is 0 Å². The zero-order valence-corrected chi connectivity index (χ0v) is 15.1. The molecule has 8 heteroatoms. The molecule has 26 heavy (non-hydrogen) atoms. The van der Waals surface area contributed by atoms with E-state index in [0.29, 0.717) is 16.4 Å². The monoisotopic (exact) mass is 394 g/mol. The van der Waals surface area contributed by atoms with Crippen LogP contribution >= 0.6 is 23.1 Å². The van der Waals surface area contributed by atoms with Crippen LogP contribution in [0.25, 0.3) is 11.3 Å². The molecule has 1 N–H and O–H groups in total. The molecule has 1 atom stereocenters. The normalized spacial score (nSPS) is 12.0. The Morgan fingerprint density at radius 2 is 1.85 bits per heavy atom. The molecule has 2 aromatic carbocycles. The summed E-state index contributed by atoms with van der Waals surface area (Å²) < 4.78 is 39.3. The van der Waals surface area contributed by atoms with Gasteiger partial charge in [0.25, 0.3) is 0 Å². The number of thioether (sulfide) groups is 1. The summed E-state index contributed by atoms with van der Waals surface area (Å²) in [6.45, 7) is 1.73. The third kappa shape index (κ3) is 4.44. The van der Waals surface area contributed by atoms with Gasteiger partial charge in [-0.3, -0.25) is 4.79 Å². The molecule has 0 aliphatic heterocycles. The van der Waals surface area contributed by atoms with Gasteiger partial charge in [-0.25, -0.2) is 18.2 Å². The smallest absolute Gasteiger partial charge is 0.239 e. The topological polar surface area (TPSA) is 42.0 Å². The Morgan fingerprint density at radius 3 is 2.54 bits per heavy atom. The summed E-state index contributed by atoms with van der Waals surface area (Å²) in [5.74, 6) is -2.47. The lowest BCUT2D eigenvalue weighted by atomic mass is 10.2. The second-order valence-electron chi connectivity index (χ2n) is 5.37. The predicted octanol–water partition coefficient (Wildman–Crippen LogP) is 5.35. The third-order valence-electron chi connectivity index (χ3n) is 3.45. The second-order valence-corrected chi connectivity index (χ2v) is 7.64. The molecule has 0 bridgehead atoms. The molecule has 134 valence electrons. The summed E-state index contributed by atoms with van der Waals surface area (Å²) in [5.41, 5.74) is 0.873. The molecule has 1 amide bonds. The molecule has 0 aliphatic carbocycles. The number of nitrogens with zero attached hydrogens (tertiary/aromatic N) is 1. The maximum absolute atomic E-state index is 13.3. The maximum atomic E-state index is 13.3. The van der Waals surface area contributed by atoms with Crippen molar-refractivity contribution in [3.63, 3.8) is 0 Å². The lowest BCUT2D eigenvalue weighted by molar-refractivity contribution is -0.115. The van der Waals surface area contributed by atoms with E-state index in [2.05, 4.69) is 10.3 Å². The highest BCUT2D eigenvalue weighted by atomic mass is 32.2. The van der Waals surface area contributed by atoms with Crippen molar-refractivity contribution >= 4 is 34.1 Å². The number of carbonyl (C=O) groups excluding carboxylic acids is 1. The van der Waals surface area contributed by atoms with Gasteiger partial charge in [0, 0.05) is 15.8 Å². The van der Waals surface area contributed by atoms with Crippen LogP contribution < -0.4 is 5.32 Å². The van der Waals surface area contributed by atoms with E-state index in [1.807, 2.05) is 0 Å². The molecular weight excluding hydrogens is 381 g/mol. The van der Waals surface area contributed by atoms with Gasteiger partial charge in [-0.15, -0.1) is 23.1 Å². The Morgan fingerprint density at radius 1 is 1.12 bits per heavy atom. The lowest BCUT2D eigenvalue weighted by Crippen LogP contribution is -2.22. The lowest BCUT2D eigenvalue weighted by Gasteiger charge is -2.10. The van der Waals surface area contributed by atoms with E-state index < -0.39 is 16.9 Å². The van der Waals surface area contributed by atoms with E-state index in [0.717, 1.165) is 17.0 Å². The Labute approximate surface area is 156 Å². The number of carbonyl (C=O) groups is 1. The SMILES string of the molecule is CC(Sc1ccc(F)cc1)C(=O)Nc1nc(-c2ccc(F)c(F)c2)cs1. The zero-order chi connectivity index (χ0) is 18.7. The van der Waals surface area contributed by atoms with Gasteiger partial charge in [0.05, 0.1) is 10.9 Å². The van der Waals surface area contributed by atoms with Crippen molar-refractivity contribution in [1.29, 1.82) is 0 Å². The van der Waals surface area contributed by atoms with Crippen LogP contribution in [0.15, 0.2) is 52.7 Å². The molecule has 0 saturated heterocycles. The zero-order valence-electron chi connectivity index (χ0n) is 13.5. The number of amides is 1. The van der Waals surface area contributed by atoms with Crippen molar-refractivity contribution in [3.8, 4) is 11.3 Å². The molecule has 0 aliphatic rings. The molecule has 1 unspecified atom stereocenters. The van der Waals surface area contributed by atoms with Crippen molar-refractivity contribution in [3.05, 3.63) is 65.3 Å². The van der Waals surface area contributed by atoms with E-state index >= 15 is 0 Å². The summed E-state index contributed by atoms with van der Waals surface area (Å²) in [6.07, 6.45) is 0. The van der Waals surface area contributed by atoms with Gasteiger partial charge in [0.2, 0.25) is 5.91 Å². The molecule has 1 heterocycles. The Kier molecular flexibility index (Phi) is 5.63. The average molecular weight is 394 g/mol. The van der Waals surface area contributed by atoms with Gasteiger partial charge in [0.15, 0.2) is 16.8 Å². The molecule has 0 fully saturated rings. The van der Waals surface area contributed by atoms with E-state index in [9.17, 15) is 18.0 Å². The van der Waals surface area contributed by atoms with E-state index in [1.165, 1.54) is 41.3 Å². The van der Waals surface area contributed by atoms with Crippen molar-refractivity contribution in [2.45, 2.75) is 17.1 Å². The second kappa shape index (κ2) is 7.92. The number of halogens is 3. The fraction of sp³-hybridized carbons (Fsp3) is 0.111. The molecule has 3 nitrogen and oxygen atoms in total. The first-order valence-corrected chi connectivity index (χ1v) is 9.32. The van der Waals surface area contributed by atoms with Crippen LogP contribution in [0.4, 0.5) is 18.3 Å². The summed E-state index contributed by atoms with van der Waals surface area (Å²) in [6, 6.07) is 9.39. The van der Waals surface area contributed by atoms with Crippen molar-refractivity contribution in [2.75, 3.05) is 5.32 Å². The first-order valence-electron chi connectivity index (χ1n) is 7.56. The Balaban J connectivity index is 1.65. The van der Waals surface area contributed by atoms with Crippen LogP contribution in [0, 0.1) is 17.5 Å². The third-order valence-corrected chi connectivity index (χ3v) is 5.32. The number of thiazole rings is 1. The molecule has 3 rings (SSSR count). The van der Waals surface area contributed by atoms with E-state index in [4.69, 9.17) is 0 Å². The van der Waals surface area contributed by atoms with Gasteiger partial charge in [-0.2, -0.15) is 0 Å². The fourth-order valence-electron chi connectivity index (χ4n) is 2.10. The minimum atomic E-state index is -0.953. The number of rotatable bonds is 5. The molecule has 0 spiro atoms. The van der Waals surface area contributed by atoms with E-state index in [-0.39, 0.29) is 11.7 Å². The van der Waals surface area contributed by atoms with Crippen molar-refractivity contribution in [1.82, 2.24) is 4.98 Å². The molecule has 3 aromatic rings. The summed E-state index contributed by atoms with van der Waals surface area (Å²) in [5, 5.41) is 4.29. The number of hydrogen-bond donors (Lipinski definition) is 1. The summed E-state index contributed by atoms with van der Waals surface area (Å²) in [7, 11) is 0. The molecule has 1 aromatic heterocycles. The van der Waals surface area contributed by atoms with Gasteiger partial charge < -0.3 is 5.32 Å². The Bertz CT molecular complexity index is 928. The quantitative estimate of drug-likeness (QED) is 0.594. The van der Waals surface area contributed by atoms with Gasteiger partial charge in [0.1, 0.15) is 5.82 Å². The van der Waals surface area contributed by atoms with Crippen molar-refractivity contribution in [2.24, 2.45) is 0 Å². The standard InChI is InChI=1S/C18H13F3N2OS2/c1-10(26-13-5-3-12(19)4-6-13)17(24)23-18-22-16(9-25-18)11-2-7-14(20)15(21)8-11/h2-10H,1H3,(H,22,23,24). The van der Waals surface area contributed by atoms with Crippen LogP contribution in [0.2, 0.25) is 0 Å². The maximum Gasteiger partial charge on any atom is 0.239 e. The van der Waals surface area contributed by atoms with Crippen LogP contribution in [-0.4, -0.2) is 16.1 Å². The predicted molar refractivity (Wildman–Crippen MR) is 97.8 cm³/mol. The highest BCUT2D eigenvalue weighted by Gasteiger charge is 2.17. The number of anilines is 1. The number of benzene rings is 2. The minimum Gasteiger partial charge on any atom is -0.301 e. The van der Waals surface area contributed by atoms with Crippen LogP contribution in [0.5, 0.6) is 0 Å². The van der Waals surface area contributed by atoms with Gasteiger partial charge in [-0.1, -0.05) is 0 Å². The van der Waals surface area contributed by atoms with Crippen LogP contribution in [-0.2, 0) is 4.79 Å². The fourth-order valence-corrected chi connectivity index (χ4v) is 3.69. The number of hydrogen-bond acceptors (Lipinski definition) is 4. The highest BCUT2D eigenvalue weighted by Crippen LogP contribution is 2.28. The van der Waals surface area contributed by atoms with E-state index in [1.54, 1.807) is 24.4 Å². The van der Waals surface area contributed by atoms with Crippen molar-refractivity contribution < 1.29 is 18.0 Å². The average Bonchev–Trinajstić information content (AvgIpc) is 3.07.